The number of ketones is 1. The average molecular weight is 284 g/mol. The van der Waals surface area contributed by atoms with Gasteiger partial charge in [0, 0.05) is 5.56 Å². The van der Waals surface area contributed by atoms with E-state index < -0.39 is 0 Å². The summed E-state index contributed by atoms with van der Waals surface area (Å²) in [5.74, 6) is 0.0145. The molecule has 96 valence electrons. The number of hydrogen-bond acceptors (Lipinski definition) is 2. The molecule has 0 aromatic heterocycles. The Labute approximate surface area is 117 Å². The van der Waals surface area contributed by atoms with Gasteiger partial charge in [0.2, 0.25) is 0 Å². The number of nitrogens with two attached hydrogens (primary N) is 1. The Bertz CT molecular complexity index is 486. The number of allylic oxidation sites excluding steroid dienone is 2. The Morgan fingerprint density at radius 1 is 1.11 bits per heavy atom. The number of benzene rings is 1. The molecule has 1 aliphatic rings. The van der Waals surface area contributed by atoms with Gasteiger partial charge in [0.05, 0.1) is 15.7 Å². The fourth-order valence-electron chi connectivity index (χ4n) is 2.12. The second-order valence-electron chi connectivity index (χ2n) is 4.51. The van der Waals surface area contributed by atoms with Crippen molar-refractivity contribution in [2.75, 3.05) is 5.73 Å². The van der Waals surface area contributed by atoms with Gasteiger partial charge < -0.3 is 5.73 Å². The maximum atomic E-state index is 12.3. The highest BCUT2D eigenvalue weighted by atomic mass is 35.5. The van der Waals surface area contributed by atoms with Crippen molar-refractivity contribution in [3.63, 3.8) is 0 Å². The van der Waals surface area contributed by atoms with Crippen LogP contribution in [0.1, 0.15) is 42.5 Å². The minimum atomic E-state index is 0.0145. The van der Waals surface area contributed by atoms with Crippen LogP contribution in [0, 0.1) is 0 Å². The van der Waals surface area contributed by atoms with Crippen molar-refractivity contribution in [1.29, 1.82) is 0 Å². The van der Waals surface area contributed by atoms with Crippen molar-refractivity contribution in [2.45, 2.75) is 32.1 Å². The number of nitrogen functional groups attached to an aromatic ring is 1. The third kappa shape index (κ3) is 2.88. The third-order valence-corrected chi connectivity index (χ3v) is 3.80. The van der Waals surface area contributed by atoms with E-state index in [1.807, 2.05) is 6.08 Å². The molecule has 0 heterocycles. The van der Waals surface area contributed by atoms with E-state index in [0.29, 0.717) is 21.3 Å². The summed E-state index contributed by atoms with van der Waals surface area (Å²) in [6, 6.07) is 3.19. The Morgan fingerprint density at radius 3 is 2.44 bits per heavy atom. The van der Waals surface area contributed by atoms with Gasteiger partial charge in [-0.15, -0.1) is 0 Å². The summed E-state index contributed by atoms with van der Waals surface area (Å²) in [6.45, 7) is 0. The van der Waals surface area contributed by atoms with Crippen molar-refractivity contribution in [3.05, 3.63) is 39.4 Å². The molecule has 1 aliphatic carbocycles. The molecule has 1 aromatic rings. The zero-order valence-electron chi connectivity index (χ0n) is 10.0. The predicted octanol–water partition coefficient (Wildman–Crippen LogP) is 4.65. The van der Waals surface area contributed by atoms with Gasteiger partial charge in [-0.2, -0.15) is 0 Å². The second-order valence-corrected chi connectivity index (χ2v) is 5.33. The lowest BCUT2D eigenvalue weighted by Gasteiger charge is -2.08. The lowest BCUT2D eigenvalue weighted by molar-refractivity contribution is 0.103. The van der Waals surface area contributed by atoms with Gasteiger partial charge in [-0.3, -0.25) is 4.79 Å². The molecule has 0 saturated carbocycles. The first-order chi connectivity index (χ1) is 8.59. The van der Waals surface area contributed by atoms with E-state index in [0.717, 1.165) is 31.3 Å². The molecule has 0 amide bonds. The lowest BCUT2D eigenvalue weighted by Crippen LogP contribution is -2.04. The van der Waals surface area contributed by atoms with Gasteiger partial charge >= 0.3 is 0 Å². The quantitative estimate of drug-likeness (QED) is 0.634. The number of Topliss-reactive ketones (excluding diaryl/α,β-unsaturated/α-hetero) is 1. The maximum absolute atomic E-state index is 12.3. The first-order valence-electron chi connectivity index (χ1n) is 6.08. The zero-order chi connectivity index (χ0) is 13.1. The standard InChI is InChI=1S/C14H15Cl2NO/c15-11-7-10(8-12(16)13(11)17)14(18)9-5-3-1-2-4-6-9/h5,7-8H,1-4,6,17H2. The number of carbonyl (C=O) groups excluding carboxylic acids is 1. The smallest absolute Gasteiger partial charge is 0.188 e. The summed E-state index contributed by atoms with van der Waals surface area (Å²) in [5, 5.41) is 0.667. The minimum Gasteiger partial charge on any atom is -0.396 e. The molecule has 0 fully saturated rings. The normalized spacial score (nSPS) is 16.0. The van der Waals surface area contributed by atoms with Crippen LogP contribution < -0.4 is 5.73 Å². The van der Waals surface area contributed by atoms with Crippen LogP contribution in [0.3, 0.4) is 0 Å². The van der Waals surface area contributed by atoms with Crippen molar-refractivity contribution >= 4 is 34.7 Å². The largest absolute Gasteiger partial charge is 0.396 e. The molecular formula is C14H15Cl2NO. The van der Waals surface area contributed by atoms with Crippen LogP contribution >= 0.6 is 23.2 Å². The van der Waals surface area contributed by atoms with Crippen LogP contribution in [0.2, 0.25) is 10.0 Å². The predicted molar refractivity (Wildman–Crippen MR) is 76.4 cm³/mol. The first kappa shape index (κ1) is 13.4. The first-order valence-corrected chi connectivity index (χ1v) is 6.83. The zero-order valence-corrected chi connectivity index (χ0v) is 11.5. The third-order valence-electron chi connectivity index (χ3n) is 3.17. The molecule has 0 aliphatic heterocycles. The van der Waals surface area contributed by atoms with Crippen LogP contribution in [0.25, 0.3) is 0 Å². The molecule has 0 unspecified atom stereocenters. The van der Waals surface area contributed by atoms with E-state index in [1.54, 1.807) is 12.1 Å². The van der Waals surface area contributed by atoms with Gasteiger partial charge in [0.25, 0.3) is 0 Å². The fraction of sp³-hybridized carbons (Fsp3) is 0.357. The van der Waals surface area contributed by atoms with Crippen LogP contribution in [0.5, 0.6) is 0 Å². The van der Waals surface area contributed by atoms with E-state index in [9.17, 15) is 4.79 Å². The maximum Gasteiger partial charge on any atom is 0.188 e. The van der Waals surface area contributed by atoms with Crippen LogP contribution in [0.4, 0.5) is 5.69 Å². The van der Waals surface area contributed by atoms with Crippen LogP contribution in [-0.4, -0.2) is 5.78 Å². The van der Waals surface area contributed by atoms with Crippen molar-refractivity contribution in [2.24, 2.45) is 0 Å². The second kappa shape index (κ2) is 5.77. The monoisotopic (exact) mass is 283 g/mol. The fourth-order valence-corrected chi connectivity index (χ4v) is 2.61. The Hall–Kier alpha value is -0.990. The molecule has 2 N–H and O–H groups in total. The van der Waals surface area contributed by atoms with Crippen LogP contribution in [0.15, 0.2) is 23.8 Å². The van der Waals surface area contributed by atoms with E-state index in [1.165, 1.54) is 6.42 Å². The van der Waals surface area contributed by atoms with E-state index >= 15 is 0 Å². The Kier molecular flexibility index (Phi) is 4.31. The van der Waals surface area contributed by atoms with Gasteiger partial charge in [-0.05, 0) is 43.4 Å². The number of halogens is 2. The molecule has 18 heavy (non-hydrogen) atoms. The lowest BCUT2D eigenvalue weighted by atomic mass is 9.99. The molecule has 2 rings (SSSR count). The van der Waals surface area contributed by atoms with Crippen molar-refractivity contribution < 1.29 is 4.79 Å². The summed E-state index contributed by atoms with van der Waals surface area (Å²) >= 11 is 11.9. The van der Waals surface area contributed by atoms with Gasteiger partial charge in [-0.25, -0.2) is 0 Å². The number of carbonyl (C=O) groups is 1. The summed E-state index contributed by atoms with van der Waals surface area (Å²) in [5.41, 5.74) is 7.37. The number of rotatable bonds is 2. The Morgan fingerprint density at radius 2 is 1.78 bits per heavy atom. The molecule has 0 radical (unpaired) electrons. The highest BCUT2D eigenvalue weighted by Crippen LogP contribution is 2.30. The van der Waals surface area contributed by atoms with E-state index in [2.05, 4.69) is 0 Å². The molecule has 0 saturated heterocycles. The summed E-state index contributed by atoms with van der Waals surface area (Å²) in [7, 11) is 0. The Balaban J connectivity index is 2.31. The highest BCUT2D eigenvalue weighted by molar-refractivity contribution is 6.39. The number of hydrogen-bond donors (Lipinski definition) is 1. The molecule has 0 spiro atoms. The molecule has 0 atom stereocenters. The van der Waals surface area contributed by atoms with Gasteiger partial charge in [-0.1, -0.05) is 35.7 Å². The molecule has 1 aromatic carbocycles. The molecule has 4 heteroatoms. The van der Waals surface area contributed by atoms with Crippen molar-refractivity contribution in [3.8, 4) is 0 Å². The molecular weight excluding hydrogens is 269 g/mol. The van der Waals surface area contributed by atoms with Gasteiger partial charge in [0.15, 0.2) is 5.78 Å². The summed E-state index contributed by atoms with van der Waals surface area (Å²) < 4.78 is 0. The summed E-state index contributed by atoms with van der Waals surface area (Å²) in [4.78, 5) is 12.3. The van der Waals surface area contributed by atoms with E-state index in [4.69, 9.17) is 28.9 Å². The minimum absolute atomic E-state index is 0.0145. The average Bonchev–Trinajstić information content (AvgIpc) is 2.63. The number of anilines is 1. The molecule has 2 nitrogen and oxygen atoms in total. The topological polar surface area (TPSA) is 43.1 Å². The van der Waals surface area contributed by atoms with Crippen LogP contribution in [-0.2, 0) is 0 Å². The molecule has 0 bridgehead atoms. The van der Waals surface area contributed by atoms with E-state index in [-0.39, 0.29) is 5.78 Å². The SMILES string of the molecule is Nc1c(Cl)cc(C(=O)C2=CCCCCC2)cc1Cl. The highest BCUT2D eigenvalue weighted by Gasteiger charge is 2.16. The van der Waals surface area contributed by atoms with Crippen molar-refractivity contribution in [1.82, 2.24) is 0 Å². The summed E-state index contributed by atoms with van der Waals surface area (Å²) in [6.07, 6.45) is 7.23. The van der Waals surface area contributed by atoms with Gasteiger partial charge in [0.1, 0.15) is 0 Å².